The van der Waals surface area contributed by atoms with E-state index in [1.807, 2.05) is 12.1 Å². The molecule has 9 heteroatoms. The molecule has 0 radical (unpaired) electrons. The zero-order valence-corrected chi connectivity index (χ0v) is 21.9. The van der Waals surface area contributed by atoms with Crippen LogP contribution in [0.4, 0.5) is 0 Å². The maximum atomic E-state index is 11.8. The number of ether oxygens (including phenoxy) is 2. The highest BCUT2D eigenvalue weighted by Crippen LogP contribution is 2.25. The molecule has 1 heterocycles. The summed E-state index contributed by atoms with van der Waals surface area (Å²) in [4.78, 5) is 21.3. The van der Waals surface area contributed by atoms with Crippen molar-refractivity contribution in [3.63, 3.8) is 0 Å². The Morgan fingerprint density at radius 1 is 1.16 bits per heavy atom. The highest BCUT2D eigenvalue weighted by Gasteiger charge is 2.23. The average Bonchev–Trinajstić information content (AvgIpc) is 3.60. The second-order valence-electron chi connectivity index (χ2n) is 8.12. The number of carbonyl (C=O) groups excluding carboxylic acids is 1. The summed E-state index contributed by atoms with van der Waals surface area (Å²) in [5.74, 6) is 2.85. The fourth-order valence-corrected chi connectivity index (χ4v) is 3.74. The summed E-state index contributed by atoms with van der Waals surface area (Å²) >= 11 is 0. The molecule has 3 rings (SSSR count). The van der Waals surface area contributed by atoms with Gasteiger partial charge in [-0.3, -0.25) is 14.7 Å². The Morgan fingerprint density at radius 3 is 2.53 bits per heavy atom. The number of nitrogens with zero attached hydrogens (tertiary/aromatic N) is 3. The van der Waals surface area contributed by atoms with Gasteiger partial charge >= 0.3 is 0 Å². The number of methoxy groups -OCH3 is 2. The lowest BCUT2D eigenvalue weighted by Crippen LogP contribution is -2.52. The van der Waals surface area contributed by atoms with E-state index in [2.05, 4.69) is 33.4 Å². The van der Waals surface area contributed by atoms with Gasteiger partial charge in [0.15, 0.2) is 5.96 Å². The molecule has 1 saturated carbocycles. The molecule has 0 bridgehead atoms. The van der Waals surface area contributed by atoms with E-state index in [4.69, 9.17) is 14.5 Å². The van der Waals surface area contributed by atoms with Crippen molar-refractivity contribution in [3.8, 4) is 11.5 Å². The Bertz CT molecular complexity index is 749. The van der Waals surface area contributed by atoms with E-state index in [1.54, 1.807) is 14.2 Å². The molecule has 2 aliphatic rings. The number of carbonyl (C=O) groups is 1. The molecule has 1 aromatic carbocycles. The normalized spacial score (nSPS) is 16.8. The van der Waals surface area contributed by atoms with Crippen LogP contribution in [0.3, 0.4) is 0 Å². The molecule has 1 aromatic rings. The third-order valence-corrected chi connectivity index (χ3v) is 5.65. The number of rotatable bonds is 10. The molecular weight excluding hydrogens is 521 g/mol. The van der Waals surface area contributed by atoms with Crippen LogP contribution >= 0.6 is 24.0 Å². The lowest BCUT2D eigenvalue weighted by atomic mass is 10.1. The first-order valence-electron chi connectivity index (χ1n) is 11.4. The van der Waals surface area contributed by atoms with E-state index in [1.165, 1.54) is 0 Å². The number of hydrogen-bond acceptors (Lipinski definition) is 5. The van der Waals surface area contributed by atoms with Gasteiger partial charge < -0.3 is 25.0 Å². The number of hydrogen-bond donors (Lipinski definition) is 2. The van der Waals surface area contributed by atoms with Crippen LogP contribution in [0.5, 0.6) is 11.5 Å². The fraction of sp³-hybridized carbons (Fsp3) is 0.652. The molecule has 180 valence electrons. The van der Waals surface area contributed by atoms with Gasteiger partial charge in [0, 0.05) is 63.8 Å². The first-order valence-corrected chi connectivity index (χ1v) is 11.4. The molecule has 1 aliphatic carbocycles. The van der Waals surface area contributed by atoms with E-state index >= 15 is 0 Å². The van der Waals surface area contributed by atoms with Crippen LogP contribution < -0.4 is 20.1 Å². The molecule has 0 aromatic heterocycles. The first kappa shape index (κ1) is 26.5. The van der Waals surface area contributed by atoms with Crippen molar-refractivity contribution in [2.24, 2.45) is 4.99 Å². The number of benzene rings is 1. The number of piperazine rings is 1. The Labute approximate surface area is 209 Å². The number of halogens is 1. The van der Waals surface area contributed by atoms with Crippen molar-refractivity contribution in [2.45, 2.75) is 45.2 Å². The lowest BCUT2D eigenvalue weighted by Gasteiger charge is -2.36. The number of aliphatic imine (C=N–C) groups is 1. The summed E-state index contributed by atoms with van der Waals surface area (Å²) in [6.07, 6.45) is 3.59. The van der Waals surface area contributed by atoms with Gasteiger partial charge in [-0.05, 0) is 44.4 Å². The van der Waals surface area contributed by atoms with Gasteiger partial charge in [0.25, 0.3) is 0 Å². The van der Waals surface area contributed by atoms with Gasteiger partial charge in [-0.2, -0.15) is 0 Å². The lowest BCUT2D eigenvalue weighted by molar-refractivity contribution is -0.121. The Kier molecular flexibility index (Phi) is 11.4. The smallest absolute Gasteiger partial charge is 0.220 e. The quantitative estimate of drug-likeness (QED) is 0.199. The second-order valence-corrected chi connectivity index (χ2v) is 8.12. The zero-order valence-electron chi connectivity index (χ0n) is 19.6. The van der Waals surface area contributed by atoms with Crippen LogP contribution in [-0.4, -0.2) is 81.2 Å². The van der Waals surface area contributed by atoms with Gasteiger partial charge in [-0.1, -0.05) is 0 Å². The van der Waals surface area contributed by atoms with Crippen molar-refractivity contribution >= 4 is 35.8 Å². The van der Waals surface area contributed by atoms with Crippen LogP contribution in [0.25, 0.3) is 0 Å². The summed E-state index contributed by atoms with van der Waals surface area (Å²) < 4.78 is 10.9. The molecule has 8 nitrogen and oxygen atoms in total. The summed E-state index contributed by atoms with van der Waals surface area (Å²) in [5.41, 5.74) is 1.14. The van der Waals surface area contributed by atoms with Gasteiger partial charge in [0.1, 0.15) is 11.5 Å². The predicted molar refractivity (Wildman–Crippen MR) is 138 cm³/mol. The maximum absolute atomic E-state index is 11.8. The van der Waals surface area contributed by atoms with Crippen molar-refractivity contribution in [3.05, 3.63) is 23.8 Å². The molecule has 2 fully saturated rings. The Hall–Kier alpha value is -1.75. The average molecular weight is 559 g/mol. The zero-order chi connectivity index (χ0) is 22.1. The van der Waals surface area contributed by atoms with Crippen LogP contribution in [0, 0.1) is 0 Å². The van der Waals surface area contributed by atoms with Gasteiger partial charge in [0.2, 0.25) is 5.91 Å². The van der Waals surface area contributed by atoms with Crippen LogP contribution in [0.2, 0.25) is 0 Å². The molecule has 0 spiro atoms. The van der Waals surface area contributed by atoms with Crippen LogP contribution in [-0.2, 0) is 11.3 Å². The van der Waals surface area contributed by atoms with Crippen LogP contribution in [0.1, 0.15) is 38.2 Å². The molecule has 1 aliphatic heterocycles. The molecule has 0 atom stereocenters. The van der Waals surface area contributed by atoms with E-state index in [9.17, 15) is 4.79 Å². The van der Waals surface area contributed by atoms with Crippen molar-refractivity contribution in [1.29, 1.82) is 0 Å². The van der Waals surface area contributed by atoms with Crippen LogP contribution in [0.15, 0.2) is 23.2 Å². The summed E-state index contributed by atoms with van der Waals surface area (Å²) in [6, 6.07) is 6.37. The number of nitrogens with one attached hydrogen (secondary N) is 2. The minimum Gasteiger partial charge on any atom is -0.497 e. The van der Waals surface area contributed by atoms with Crippen molar-refractivity contribution < 1.29 is 14.3 Å². The molecule has 0 unspecified atom stereocenters. The number of guanidine groups is 1. The monoisotopic (exact) mass is 559 g/mol. The molecule has 32 heavy (non-hydrogen) atoms. The minimum absolute atomic E-state index is 0. The van der Waals surface area contributed by atoms with E-state index in [0.717, 1.165) is 81.6 Å². The van der Waals surface area contributed by atoms with Gasteiger partial charge in [-0.25, -0.2) is 0 Å². The minimum atomic E-state index is 0. The largest absolute Gasteiger partial charge is 0.497 e. The topological polar surface area (TPSA) is 78.4 Å². The van der Waals surface area contributed by atoms with Crippen molar-refractivity contribution in [2.75, 3.05) is 53.5 Å². The molecule has 1 amide bonds. The number of amides is 1. The standard InChI is InChI=1S/C23H37N5O3.HI/c1-4-24-23(25-11-5-6-22(29)26-19-7-8-19)28-14-12-27(13-15-28)17-18-16-20(30-2)9-10-21(18)31-3;/h9-10,16,19H,4-8,11-15,17H2,1-3H3,(H,24,25)(H,26,29);1H. The highest BCUT2D eigenvalue weighted by atomic mass is 127. The van der Waals surface area contributed by atoms with Gasteiger partial charge in [-0.15, -0.1) is 24.0 Å². The van der Waals surface area contributed by atoms with Crippen molar-refractivity contribution in [1.82, 2.24) is 20.4 Å². The summed E-state index contributed by atoms with van der Waals surface area (Å²) in [6.45, 7) is 8.16. The van der Waals surface area contributed by atoms with E-state index in [0.29, 0.717) is 19.0 Å². The molecule has 1 saturated heterocycles. The van der Waals surface area contributed by atoms with E-state index in [-0.39, 0.29) is 29.9 Å². The Morgan fingerprint density at radius 2 is 1.91 bits per heavy atom. The Balaban J connectivity index is 0.00000363. The third-order valence-electron chi connectivity index (χ3n) is 5.65. The SMILES string of the molecule is CCNC(=NCCCC(=O)NC1CC1)N1CCN(Cc2cc(OC)ccc2OC)CC1.I. The molecule has 2 N–H and O–H groups in total. The third kappa shape index (κ3) is 8.31. The summed E-state index contributed by atoms with van der Waals surface area (Å²) in [7, 11) is 3.39. The highest BCUT2D eigenvalue weighted by molar-refractivity contribution is 14.0. The predicted octanol–water partition coefficient (Wildman–Crippen LogP) is 2.46. The second kappa shape index (κ2) is 13.7. The summed E-state index contributed by atoms with van der Waals surface area (Å²) in [5, 5.41) is 6.44. The maximum Gasteiger partial charge on any atom is 0.220 e. The fourth-order valence-electron chi connectivity index (χ4n) is 3.74. The molecular formula is C23H38IN5O3. The first-order chi connectivity index (χ1) is 15.1. The van der Waals surface area contributed by atoms with E-state index < -0.39 is 0 Å². The van der Waals surface area contributed by atoms with Gasteiger partial charge in [0.05, 0.1) is 14.2 Å².